The second kappa shape index (κ2) is 8.89. The molecular formula is C22H31NO. The molecule has 2 heteroatoms. The molecule has 0 amide bonds. The van der Waals surface area contributed by atoms with E-state index >= 15 is 0 Å². The number of ether oxygens (including phenoxy) is 1. The lowest BCUT2D eigenvalue weighted by molar-refractivity contribution is 0.100. The standard InChI is InChI=1S/C22H31NO/c1-6-7-8-21(24-5)16-23(20-12-9-17(2)10-13-20)22-14-11-18(3)15-19(22)4/h9-15,21H,6-8,16H2,1-5H3. The summed E-state index contributed by atoms with van der Waals surface area (Å²) in [6, 6.07) is 15.5. The van der Waals surface area contributed by atoms with E-state index in [1.165, 1.54) is 40.9 Å². The highest BCUT2D eigenvalue weighted by Crippen LogP contribution is 2.30. The van der Waals surface area contributed by atoms with Gasteiger partial charge >= 0.3 is 0 Å². The molecule has 0 saturated heterocycles. The number of rotatable bonds is 8. The van der Waals surface area contributed by atoms with Crippen molar-refractivity contribution in [2.24, 2.45) is 0 Å². The third-order valence-corrected chi connectivity index (χ3v) is 4.59. The van der Waals surface area contributed by atoms with Crippen LogP contribution in [0.25, 0.3) is 0 Å². The van der Waals surface area contributed by atoms with E-state index in [1.54, 1.807) is 0 Å². The predicted octanol–water partition coefficient (Wildman–Crippen LogP) is 5.96. The third kappa shape index (κ3) is 4.85. The second-order valence-corrected chi connectivity index (χ2v) is 6.74. The van der Waals surface area contributed by atoms with Gasteiger partial charge in [0.05, 0.1) is 6.10 Å². The van der Waals surface area contributed by atoms with Gasteiger partial charge in [-0.15, -0.1) is 0 Å². The maximum atomic E-state index is 5.77. The lowest BCUT2D eigenvalue weighted by Crippen LogP contribution is -2.30. The van der Waals surface area contributed by atoms with Crippen LogP contribution in [0.5, 0.6) is 0 Å². The summed E-state index contributed by atoms with van der Waals surface area (Å²) in [5.74, 6) is 0. The Hall–Kier alpha value is -1.80. The smallest absolute Gasteiger partial charge is 0.0750 e. The molecule has 2 nitrogen and oxygen atoms in total. The van der Waals surface area contributed by atoms with E-state index in [-0.39, 0.29) is 6.10 Å². The molecule has 0 aliphatic carbocycles. The van der Waals surface area contributed by atoms with Crippen molar-refractivity contribution in [3.63, 3.8) is 0 Å². The fourth-order valence-corrected chi connectivity index (χ4v) is 3.09. The van der Waals surface area contributed by atoms with Crippen molar-refractivity contribution < 1.29 is 4.74 Å². The van der Waals surface area contributed by atoms with Gasteiger partial charge in [0, 0.05) is 25.0 Å². The average molecular weight is 325 g/mol. The minimum absolute atomic E-state index is 0.243. The minimum Gasteiger partial charge on any atom is -0.380 e. The zero-order chi connectivity index (χ0) is 17.5. The van der Waals surface area contributed by atoms with E-state index in [4.69, 9.17) is 4.74 Å². The summed E-state index contributed by atoms with van der Waals surface area (Å²) in [6.45, 7) is 9.58. The van der Waals surface area contributed by atoms with E-state index < -0.39 is 0 Å². The van der Waals surface area contributed by atoms with Gasteiger partial charge in [0.15, 0.2) is 0 Å². The summed E-state index contributed by atoms with van der Waals surface area (Å²) < 4.78 is 5.77. The Morgan fingerprint density at radius 2 is 1.62 bits per heavy atom. The average Bonchev–Trinajstić information content (AvgIpc) is 2.57. The molecule has 24 heavy (non-hydrogen) atoms. The molecular weight excluding hydrogens is 294 g/mol. The van der Waals surface area contributed by atoms with E-state index in [0.717, 1.165) is 13.0 Å². The first-order valence-electron chi connectivity index (χ1n) is 8.99. The van der Waals surface area contributed by atoms with Crippen LogP contribution in [-0.2, 0) is 4.74 Å². The second-order valence-electron chi connectivity index (χ2n) is 6.74. The largest absolute Gasteiger partial charge is 0.380 e. The minimum atomic E-state index is 0.243. The molecule has 2 aromatic rings. The van der Waals surface area contributed by atoms with Gasteiger partial charge in [-0.25, -0.2) is 0 Å². The van der Waals surface area contributed by atoms with Gasteiger partial charge in [-0.3, -0.25) is 0 Å². The zero-order valence-electron chi connectivity index (χ0n) is 15.8. The Balaban J connectivity index is 2.35. The van der Waals surface area contributed by atoms with Crippen LogP contribution >= 0.6 is 0 Å². The lowest BCUT2D eigenvalue weighted by atomic mass is 10.1. The number of aryl methyl sites for hydroxylation is 3. The van der Waals surface area contributed by atoms with Crippen LogP contribution < -0.4 is 4.90 Å². The number of hydrogen-bond donors (Lipinski definition) is 0. The Morgan fingerprint density at radius 1 is 0.958 bits per heavy atom. The predicted molar refractivity (Wildman–Crippen MR) is 104 cm³/mol. The molecule has 0 radical (unpaired) electrons. The fourth-order valence-electron chi connectivity index (χ4n) is 3.09. The first kappa shape index (κ1) is 18.5. The van der Waals surface area contributed by atoms with Gasteiger partial charge in [-0.1, -0.05) is 55.2 Å². The van der Waals surface area contributed by atoms with Gasteiger partial charge in [0.2, 0.25) is 0 Å². The Kier molecular flexibility index (Phi) is 6.86. The summed E-state index contributed by atoms with van der Waals surface area (Å²) in [5.41, 5.74) is 6.39. The molecule has 0 aromatic heterocycles. The molecule has 1 atom stereocenters. The topological polar surface area (TPSA) is 12.5 Å². The Labute approximate surface area is 147 Å². The van der Waals surface area contributed by atoms with Crippen molar-refractivity contribution >= 4 is 11.4 Å². The van der Waals surface area contributed by atoms with Crippen molar-refractivity contribution in [3.05, 3.63) is 59.2 Å². The highest BCUT2D eigenvalue weighted by molar-refractivity contribution is 5.67. The van der Waals surface area contributed by atoms with E-state index in [2.05, 4.69) is 75.1 Å². The van der Waals surface area contributed by atoms with Crippen LogP contribution in [0.15, 0.2) is 42.5 Å². The molecule has 0 aliphatic heterocycles. The maximum absolute atomic E-state index is 5.77. The third-order valence-electron chi connectivity index (χ3n) is 4.59. The number of hydrogen-bond acceptors (Lipinski definition) is 2. The first-order chi connectivity index (χ1) is 11.5. The van der Waals surface area contributed by atoms with Crippen LogP contribution in [0.2, 0.25) is 0 Å². The summed E-state index contributed by atoms with van der Waals surface area (Å²) in [7, 11) is 1.83. The lowest BCUT2D eigenvalue weighted by Gasteiger charge is -2.30. The van der Waals surface area contributed by atoms with Gasteiger partial charge < -0.3 is 9.64 Å². The number of unbranched alkanes of at least 4 members (excludes halogenated alkanes) is 1. The van der Waals surface area contributed by atoms with Crippen molar-refractivity contribution in [2.75, 3.05) is 18.6 Å². The summed E-state index contributed by atoms with van der Waals surface area (Å²) in [5, 5.41) is 0. The van der Waals surface area contributed by atoms with Crippen LogP contribution in [0.1, 0.15) is 42.9 Å². The molecule has 0 bridgehead atoms. The molecule has 1 unspecified atom stereocenters. The van der Waals surface area contributed by atoms with Crippen LogP contribution in [0.3, 0.4) is 0 Å². The Bertz CT molecular complexity index is 633. The molecule has 0 aliphatic rings. The number of benzene rings is 2. The first-order valence-corrected chi connectivity index (χ1v) is 8.99. The van der Waals surface area contributed by atoms with Crippen molar-refractivity contribution in [2.45, 2.75) is 53.1 Å². The molecule has 0 fully saturated rings. The van der Waals surface area contributed by atoms with Gasteiger partial charge in [-0.2, -0.15) is 0 Å². The molecule has 0 spiro atoms. The van der Waals surface area contributed by atoms with E-state index in [0.29, 0.717) is 0 Å². The van der Waals surface area contributed by atoms with E-state index in [1.807, 2.05) is 7.11 Å². The quantitative estimate of drug-likeness (QED) is 0.594. The molecule has 0 N–H and O–H groups in total. The normalized spacial score (nSPS) is 12.2. The summed E-state index contributed by atoms with van der Waals surface area (Å²) >= 11 is 0. The van der Waals surface area contributed by atoms with E-state index in [9.17, 15) is 0 Å². The molecule has 130 valence electrons. The summed E-state index contributed by atoms with van der Waals surface area (Å²) in [4.78, 5) is 2.40. The maximum Gasteiger partial charge on any atom is 0.0750 e. The molecule has 0 heterocycles. The van der Waals surface area contributed by atoms with Crippen molar-refractivity contribution in [1.82, 2.24) is 0 Å². The SMILES string of the molecule is CCCCC(CN(c1ccc(C)cc1)c1ccc(C)cc1C)OC. The fraction of sp³-hybridized carbons (Fsp3) is 0.455. The number of anilines is 2. The molecule has 0 saturated carbocycles. The van der Waals surface area contributed by atoms with Crippen LogP contribution in [-0.4, -0.2) is 19.8 Å². The Morgan fingerprint density at radius 3 is 2.21 bits per heavy atom. The number of methoxy groups -OCH3 is 1. The van der Waals surface area contributed by atoms with Crippen molar-refractivity contribution in [1.29, 1.82) is 0 Å². The monoisotopic (exact) mass is 325 g/mol. The zero-order valence-corrected chi connectivity index (χ0v) is 15.8. The van der Waals surface area contributed by atoms with Gasteiger partial charge in [0.25, 0.3) is 0 Å². The highest BCUT2D eigenvalue weighted by atomic mass is 16.5. The van der Waals surface area contributed by atoms with Gasteiger partial charge in [0.1, 0.15) is 0 Å². The summed E-state index contributed by atoms with van der Waals surface area (Å²) in [6.07, 6.45) is 3.74. The van der Waals surface area contributed by atoms with Crippen LogP contribution in [0, 0.1) is 20.8 Å². The van der Waals surface area contributed by atoms with Crippen molar-refractivity contribution in [3.8, 4) is 0 Å². The van der Waals surface area contributed by atoms with Crippen LogP contribution in [0.4, 0.5) is 11.4 Å². The molecule has 2 aromatic carbocycles. The molecule has 2 rings (SSSR count). The number of nitrogens with zero attached hydrogens (tertiary/aromatic N) is 1. The highest BCUT2D eigenvalue weighted by Gasteiger charge is 2.17. The van der Waals surface area contributed by atoms with Gasteiger partial charge in [-0.05, 0) is 51.0 Å².